The molecule has 0 heterocycles. The first-order valence-electron chi connectivity index (χ1n) is 27.0. The number of nitrogens with zero attached hydrogens (tertiary/aromatic N) is 2. The Balaban J connectivity index is 2.47. The standard InChI is InChI=1S/C54H104N2O5/c1-5-9-13-17-21-26-34-50(35-27-22-18-14-10-6-2)48-60-53(58)40-30-25-31-43-56(52-38-32-39-52)45-44-55(46-47-57)42-33-41-54(59)61-49-51(36-28-23-19-15-11-7-3)37-29-24-20-16-12-8-4/h33,41,50-52,57H,5-32,34-40,42-49H2,1-4H3/b41-33+. The molecule has 0 saturated heterocycles. The van der Waals surface area contributed by atoms with E-state index in [0.717, 1.165) is 51.7 Å². The van der Waals surface area contributed by atoms with Crippen LogP contribution in [0.2, 0.25) is 0 Å². The molecule has 1 fully saturated rings. The van der Waals surface area contributed by atoms with Crippen LogP contribution in [0.4, 0.5) is 0 Å². The van der Waals surface area contributed by atoms with Crippen LogP contribution in [0, 0.1) is 11.8 Å². The van der Waals surface area contributed by atoms with Gasteiger partial charge in [0.25, 0.3) is 0 Å². The van der Waals surface area contributed by atoms with Gasteiger partial charge in [-0.2, -0.15) is 0 Å². The summed E-state index contributed by atoms with van der Waals surface area (Å²) in [6.45, 7) is 14.4. The summed E-state index contributed by atoms with van der Waals surface area (Å²) in [5, 5.41) is 9.84. The second kappa shape index (κ2) is 43.8. The zero-order chi connectivity index (χ0) is 44.3. The van der Waals surface area contributed by atoms with Crippen molar-refractivity contribution in [1.82, 2.24) is 9.80 Å². The van der Waals surface area contributed by atoms with E-state index in [0.29, 0.717) is 50.6 Å². The molecule has 0 aromatic carbocycles. The molecule has 7 heteroatoms. The Morgan fingerprint density at radius 3 is 1.43 bits per heavy atom. The minimum Gasteiger partial charge on any atom is -0.465 e. The Hall–Kier alpha value is -1.44. The van der Waals surface area contributed by atoms with Gasteiger partial charge >= 0.3 is 11.9 Å². The summed E-state index contributed by atoms with van der Waals surface area (Å²) in [7, 11) is 0. The molecular formula is C54H104N2O5. The predicted molar refractivity (Wildman–Crippen MR) is 261 cm³/mol. The fourth-order valence-electron chi connectivity index (χ4n) is 9.00. The molecule has 0 radical (unpaired) electrons. The van der Waals surface area contributed by atoms with Crippen molar-refractivity contribution in [2.45, 2.75) is 258 Å². The van der Waals surface area contributed by atoms with E-state index in [9.17, 15) is 14.7 Å². The molecule has 0 aliphatic heterocycles. The van der Waals surface area contributed by atoms with Gasteiger partial charge in [-0.3, -0.25) is 14.6 Å². The van der Waals surface area contributed by atoms with Gasteiger partial charge in [-0.25, -0.2) is 4.79 Å². The van der Waals surface area contributed by atoms with Gasteiger partial charge in [0.2, 0.25) is 0 Å². The zero-order valence-corrected chi connectivity index (χ0v) is 41.3. The summed E-state index contributed by atoms with van der Waals surface area (Å²) in [4.78, 5) is 30.5. The number of esters is 2. The number of unbranched alkanes of at least 4 members (excludes halogenated alkanes) is 22. The van der Waals surface area contributed by atoms with Crippen molar-refractivity contribution >= 4 is 11.9 Å². The molecule has 360 valence electrons. The number of hydrogen-bond acceptors (Lipinski definition) is 7. The van der Waals surface area contributed by atoms with Gasteiger partial charge < -0.3 is 14.6 Å². The molecule has 0 amide bonds. The Labute approximate surface area is 379 Å². The molecular weight excluding hydrogens is 757 g/mol. The number of aliphatic hydroxyl groups is 1. The Morgan fingerprint density at radius 1 is 0.541 bits per heavy atom. The highest BCUT2D eigenvalue weighted by Crippen LogP contribution is 2.26. The number of aliphatic hydroxyl groups excluding tert-OH is 1. The van der Waals surface area contributed by atoms with E-state index in [1.54, 1.807) is 6.08 Å². The number of carbonyl (C=O) groups excluding carboxylic acids is 2. The van der Waals surface area contributed by atoms with Crippen molar-refractivity contribution in [3.8, 4) is 0 Å². The third kappa shape index (κ3) is 35.6. The SMILES string of the molecule is CCCCCCCCC(CCCCCCCC)COC(=O)/C=C/CN(CCO)CCN(CCCCCC(=O)OCC(CCCCCCCC)CCCCCCCC)C1CCC1. The van der Waals surface area contributed by atoms with Gasteiger partial charge in [0.05, 0.1) is 19.8 Å². The van der Waals surface area contributed by atoms with E-state index in [1.807, 2.05) is 6.08 Å². The maximum absolute atomic E-state index is 12.8. The van der Waals surface area contributed by atoms with Gasteiger partial charge in [0.15, 0.2) is 0 Å². The highest BCUT2D eigenvalue weighted by Gasteiger charge is 2.25. The third-order valence-corrected chi connectivity index (χ3v) is 13.5. The van der Waals surface area contributed by atoms with Crippen LogP contribution in [-0.2, 0) is 19.1 Å². The van der Waals surface area contributed by atoms with Crippen LogP contribution in [0.5, 0.6) is 0 Å². The van der Waals surface area contributed by atoms with Crippen LogP contribution in [0.25, 0.3) is 0 Å². The van der Waals surface area contributed by atoms with Gasteiger partial charge in [0.1, 0.15) is 0 Å². The van der Waals surface area contributed by atoms with Crippen molar-refractivity contribution in [2.24, 2.45) is 11.8 Å². The van der Waals surface area contributed by atoms with E-state index in [-0.39, 0.29) is 18.5 Å². The van der Waals surface area contributed by atoms with Crippen LogP contribution in [0.3, 0.4) is 0 Å². The number of carbonyl (C=O) groups is 2. The minimum atomic E-state index is -0.235. The smallest absolute Gasteiger partial charge is 0.330 e. The maximum Gasteiger partial charge on any atom is 0.330 e. The second-order valence-corrected chi connectivity index (χ2v) is 19.1. The number of ether oxygens (including phenoxy) is 2. The molecule has 0 unspecified atom stereocenters. The first-order chi connectivity index (χ1) is 30.0. The summed E-state index contributed by atoms with van der Waals surface area (Å²) in [6.07, 6.45) is 47.0. The molecule has 1 N–H and O–H groups in total. The molecule has 61 heavy (non-hydrogen) atoms. The average molecular weight is 861 g/mol. The molecule has 0 bridgehead atoms. The molecule has 0 aromatic heterocycles. The van der Waals surface area contributed by atoms with Gasteiger partial charge in [-0.15, -0.1) is 0 Å². The van der Waals surface area contributed by atoms with Crippen LogP contribution < -0.4 is 0 Å². The largest absolute Gasteiger partial charge is 0.465 e. The summed E-state index contributed by atoms with van der Waals surface area (Å²) in [5.41, 5.74) is 0. The first kappa shape index (κ1) is 57.6. The molecule has 1 aliphatic carbocycles. The summed E-state index contributed by atoms with van der Waals surface area (Å²) in [6, 6.07) is 0.641. The fraction of sp³-hybridized carbons (Fsp3) is 0.926. The normalized spacial score (nSPS) is 13.4. The second-order valence-electron chi connectivity index (χ2n) is 19.1. The molecule has 0 atom stereocenters. The average Bonchev–Trinajstić information content (AvgIpc) is 3.24. The lowest BCUT2D eigenvalue weighted by Crippen LogP contribution is -2.45. The van der Waals surface area contributed by atoms with Crippen LogP contribution in [0.15, 0.2) is 12.2 Å². The highest BCUT2D eigenvalue weighted by atomic mass is 16.5. The monoisotopic (exact) mass is 861 g/mol. The predicted octanol–water partition coefficient (Wildman–Crippen LogP) is 14.6. The van der Waals surface area contributed by atoms with Crippen molar-refractivity contribution in [2.75, 3.05) is 52.5 Å². The van der Waals surface area contributed by atoms with Crippen LogP contribution >= 0.6 is 0 Å². The molecule has 1 saturated carbocycles. The summed E-state index contributed by atoms with van der Waals surface area (Å²) >= 11 is 0. The van der Waals surface area contributed by atoms with Crippen molar-refractivity contribution in [3.05, 3.63) is 12.2 Å². The molecule has 1 aliphatic rings. The van der Waals surface area contributed by atoms with Crippen molar-refractivity contribution < 1.29 is 24.2 Å². The van der Waals surface area contributed by atoms with E-state index < -0.39 is 0 Å². The Morgan fingerprint density at radius 2 is 0.984 bits per heavy atom. The van der Waals surface area contributed by atoms with Crippen molar-refractivity contribution in [1.29, 1.82) is 0 Å². The van der Waals surface area contributed by atoms with E-state index in [1.165, 1.54) is 186 Å². The molecule has 0 aromatic rings. The van der Waals surface area contributed by atoms with Crippen LogP contribution in [-0.4, -0.2) is 85.4 Å². The number of rotatable bonds is 47. The third-order valence-electron chi connectivity index (χ3n) is 13.5. The first-order valence-corrected chi connectivity index (χ1v) is 27.0. The van der Waals surface area contributed by atoms with Gasteiger partial charge in [-0.05, 0) is 69.7 Å². The van der Waals surface area contributed by atoms with E-state index in [4.69, 9.17) is 9.47 Å². The highest BCUT2D eigenvalue weighted by molar-refractivity contribution is 5.81. The topological polar surface area (TPSA) is 79.3 Å². The fourth-order valence-corrected chi connectivity index (χ4v) is 9.00. The number of hydrogen-bond donors (Lipinski definition) is 1. The molecule has 0 spiro atoms. The lowest BCUT2D eigenvalue weighted by molar-refractivity contribution is -0.145. The van der Waals surface area contributed by atoms with E-state index in [2.05, 4.69) is 37.5 Å². The maximum atomic E-state index is 12.8. The lowest BCUT2D eigenvalue weighted by atomic mass is 9.91. The minimum absolute atomic E-state index is 0.00975. The van der Waals surface area contributed by atoms with Crippen LogP contribution in [0.1, 0.15) is 252 Å². The lowest BCUT2D eigenvalue weighted by Gasteiger charge is -2.38. The van der Waals surface area contributed by atoms with Gasteiger partial charge in [-0.1, -0.05) is 201 Å². The van der Waals surface area contributed by atoms with E-state index >= 15 is 0 Å². The summed E-state index contributed by atoms with van der Waals surface area (Å²) in [5.74, 6) is 0.734. The Kier molecular flexibility index (Phi) is 41.3. The molecule has 1 rings (SSSR count). The molecule has 7 nitrogen and oxygen atoms in total. The zero-order valence-electron chi connectivity index (χ0n) is 41.3. The Bertz CT molecular complexity index is 954. The van der Waals surface area contributed by atoms with Gasteiger partial charge in [0, 0.05) is 44.7 Å². The summed E-state index contributed by atoms with van der Waals surface area (Å²) < 4.78 is 11.7. The van der Waals surface area contributed by atoms with Crippen molar-refractivity contribution in [3.63, 3.8) is 0 Å². The quantitative estimate of drug-likeness (QED) is 0.0371.